The van der Waals surface area contributed by atoms with Crippen LogP contribution in [0.5, 0.6) is 11.5 Å². The number of esters is 1. The number of sulfonamides is 1. The number of ether oxygens (including phenoxy) is 3. The molecule has 2 aliphatic heterocycles. The first-order chi connectivity index (χ1) is 22.6. The number of hydrogen-bond acceptors (Lipinski definition) is 10. The van der Waals surface area contributed by atoms with E-state index in [0.29, 0.717) is 57.5 Å². The summed E-state index contributed by atoms with van der Waals surface area (Å²) in [7, 11) is -1.73. The number of anilines is 1. The molecule has 2 fully saturated rings. The summed E-state index contributed by atoms with van der Waals surface area (Å²) in [6.07, 6.45) is -2.70. The first kappa shape index (κ1) is 36.5. The highest BCUT2D eigenvalue weighted by Crippen LogP contribution is 2.36. The van der Waals surface area contributed by atoms with E-state index in [4.69, 9.17) is 14.2 Å². The van der Waals surface area contributed by atoms with Crippen molar-refractivity contribution in [1.29, 1.82) is 0 Å². The summed E-state index contributed by atoms with van der Waals surface area (Å²) < 4.78 is 82.6. The molecular formula is C31H37F3N4O9S. The number of carbonyl (C=O) groups excluding carboxylic acids is 4. The van der Waals surface area contributed by atoms with Gasteiger partial charge in [-0.2, -0.15) is 13.2 Å². The highest BCUT2D eigenvalue weighted by Gasteiger charge is 2.52. The Morgan fingerprint density at radius 3 is 2.23 bits per heavy atom. The van der Waals surface area contributed by atoms with E-state index in [1.54, 1.807) is 6.92 Å². The van der Waals surface area contributed by atoms with E-state index in [1.807, 2.05) is 0 Å². The van der Waals surface area contributed by atoms with Gasteiger partial charge in [0.25, 0.3) is 15.9 Å². The van der Waals surface area contributed by atoms with Crippen LogP contribution in [0.15, 0.2) is 41.3 Å². The van der Waals surface area contributed by atoms with Gasteiger partial charge in [-0.1, -0.05) is 0 Å². The average Bonchev–Trinajstić information content (AvgIpc) is 3.26. The SMILES string of the molecule is CCOC(=O)CN1C(=O)NC2(CCN(CCCCC(=O)c3cc(NS(=O)(=O)c4ccc(C(F)(F)F)cc4)c(OC)cc3OC)CC2)C1=O. The Balaban J connectivity index is 1.33. The number of amides is 3. The number of unbranched alkanes of at least 4 members (excludes halogenated alkanes) is 1. The van der Waals surface area contributed by atoms with Crippen molar-refractivity contribution in [2.75, 3.05) is 51.7 Å². The number of rotatable bonds is 14. The molecule has 4 rings (SSSR count). The molecule has 17 heteroatoms. The molecule has 0 radical (unpaired) electrons. The van der Waals surface area contributed by atoms with Crippen LogP contribution in [0.3, 0.4) is 0 Å². The minimum absolute atomic E-state index is 0.0303. The molecule has 3 amide bonds. The van der Waals surface area contributed by atoms with Crippen LogP contribution in [0, 0.1) is 0 Å². The lowest BCUT2D eigenvalue weighted by Gasteiger charge is -2.37. The predicted molar refractivity (Wildman–Crippen MR) is 165 cm³/mol. The monoisotopic (exact) mass is 698 g/mol. The summed E-state index contributed by atoms with van der Waals surface area (Å²) in [5.74, 6) is -1.25. The molecule has 2 N–H and O–H groups in total. The third-order valence-corrected chi connectivity index (χ3v) is 9.62. The molecular weight excluding hydrogens is 661 g/mol. The first-order valence-corrected chi connectivity index (χ1v) is 16.6. The van der Waals surface area contributed by atoms with Crippen molar-refractivity contribution in [2.24, 2.45) is 0 Å². The summed E-state index contributed by atoms with van der Waals surface area (Å²) in [6.45, 7) is 2.98. The van der Waals surface area contributed by atoms with E-state index < -0.39 is 56.6 Å². The molecule has 2 aliphatic rings. The van der Waals surface area contributed by atoms with Crippen molar-refractivity contribution < 1.29 is 55.0 Å². The number of Topliss-reactive ketones (excluding diaryl/α,β-unsaturated/α-hetero) is 1. The fourth-order valence-corrected chi connectivity index (χ4v) is 6.69. The fourth-order valence-electron chi connectivity index (χ4n) is 5.63. The van der Waals surface area contributed by atoms with Crippen LogP contribution in [0.2, 0.25) is 0 Å². The number of nitrogens with zero attached hydrogens (tertiary/aromatic N) is 2. The summed E-state index contributed by atoms with van der Waals surface area (Å²) in [6, 6.07) is 4.97. The normalized spacial score (nSPS) is 16.5. The van der Waals surface area contributed by atoms with Gasteiger partial charge in [0.2, 0.25) is 0 Å². The van der Waals surface area contributed by atoms with Crippen molar-refractivity contribution in [1.82, 2.24) is 15.1 Å². The largest absolute Gasteiger partial charge is 0.496 e. The van der Waals surface area contributed by atoms with Crippen LogP contribution in [-0.2, 0) is 30.5 Å². The first-order valence-electron chi connectivity index (χ1n) is 15.2. The second-order valence-electron chi connectivity index (χ2n) is 11.3. The second kappa shape index (κ2) is 14.8. The van der Waals surface area contributed by atoms with Crippen molar-refractivity contribution in [3.05, 3.63) is 47.5 Å². The van der Waals surface area contributed by atoms with Crippen LogP contribution >= 0.6 is 0 Å². The van der Waals surface area contributed by atoms with Gasteiger partial charge in [-0.25, -0.2) is 13.2 Å². The van der Waals surface area contributed by atoms with Crippen molar-refractivity contribution in [3.8, 4) is 11.5 Å². The topological polar surface area (TPSA) is 161 Å². The standard InChI is InChI=1S/C31H37F3N4O9S/c1-4-47-27(40)19-38-28(41)30(35-29(38)42)12-15-37(16-13-30)14-6-5-7-24(39)22-17-23(26(46-3)18-25(22)45-2)36-48(43,44)21-10-8-20(9-11-21)31(32,33)34/h8-11,17-18,36H,4-7,12-16,19H2,1-3H3,(H,35,42). The molecule has 2 saturated heterocycles. The van der Waals surface area contributed by atoms with E-state index >= 15 is 0 Å². The number of benzene rings is 2. The van der Waals surface area contributed by atoms with Crippen LogP contribution in [0.4, 0.5) is 23.7 Å². The minimum atomic E-state index is -4.63. The third-order valence-electron chi connectivity index (χ3n) is 8.23. The van der Waals surface area contributed by atoms with E-state index in [1.165, 1.54) is 26.4 Å². The molecule has 0 bridgehead atoms. The van der Waals surface area contributed by atoms with E-state index in [2.05, 4.69) is 14.9 Å². The fraction of sp³-hybridized carbons (Fsp3) is 0.484. The molecule has 0 unspecified atom stereocenters. The summed E-state index contributed by atoms with van der Waals surface area (Å²) in [5.41, 5.74) is -2.08. The zero-order valence-corrected chi connectivity index (χ0v) is 27.5. The molecule has 0 aromatic heterocycles. The highest BCUT2D eigenvalue weighted by atomic mass is 32.2. The molecule has 0 saturated carbocycles. The number of methoxy groups -OCH3 is 2. The molecule has 262 valence electrons. The number of nitrogens with one attached hydrogen (secondary N) is 2. The Kier molecular flexibility index (Phi) is 11.2. The Morgan fingerprint density at radius 1 is 1.00 bits per heavy atom. The van der Waals surface area contributed by atoms with Gasteiger partial charge in [-0.3, -0.25) is 24.0 Å². The van der Waals surface area contributed by atoms with Gasteiger partial charge < -0.3 is 24.4 Å². The molecule has 0 atom stereocenters. The van der Waals surface area contributed by atoms with E-state index in [9.17, 15) is 40.8 Å². The number of likely N-dealkylation sites (tertiary alicyclic amines) is 1. The Labute approximate surface area is 275 Å². The molecule has 2 heterocycles. The maximum atomic E-state index is 13.2. The zero-order valence-electron chi connectivity index (χ0n) is 26.6. The predicted octanol–water partition coefficient (Wildman–Crippen LogP) is 3.83. The van der Waals surface area contributed by atoms with Gasteiger partial charge >= 0.3 is 18.2 Å². The smallest absolute Gasteiger partial charge is 0.416 e. The van der Waals surface area contributed by atoms with E-state index in [0.717, 1.165) is 17.0 Å². The number of urea groups is 1. The zero-order chi connectivity index (χ0) is 35.3. The summed E-state index contributed by atoms with van der Waals surface area (Å²) >= 11 is 0. The molecule has 48 heavy (non-hydrogen) atoms. The van der Waals surface area contributed by atoms with Gasteiger partial charge in [0, 0.05) is 25.6 Å². The number of hydrogen-bond donors (Lipinski definition) is 2. The molecule has 0 aliphatic carbocycles. The van der Waals surface area contributed by atoms with Crippen molar-refractivity contribution >= 4 is 39.4 Å². The molecule has 2 aromatic carbocycles. The van der Waals surface area contributed by atoms with Gasteiger partial charge in [-0.15, -0.1) is 0 Å². The lowest BCUT2D eigenvalue weighted by Crippen LogP contribution is -2.55. The highest BCUT2D eigenvalue weighted by molar-refractivity contribution is 7.92. The van der Waals surface area contributed by atoms with Crippen LogP contribution in [0.25, 0.3) is 0 Å². The van der Waals surface area contributed by atoms with E-state index in [-0.39, 0.29) is 41.6 Å². The van der Waals surface area contributed by atoms with Gasteiger partial charge in [-0.05, 0) is 69.5 Å². The van der Waals surface area contributed by atoms with Gasteiger partial charge in [0.15, 0.2) is 5.78 Å². The number of imide groups is 1. The Morgan fingerprint density at radius 2 is 1.65 bits per heavy atom. The average molecular weight is 699 g/mol. The number of carbonyl (C=O) groups is 4. The number of alkyl halides is 3. The summed E-state index contributed by atoms with van der Waals surface area (Å²) in [5, 5.41) is 2.75. The van der Waals surface area contributed by atoms with Crippen LogP contribution < -0.4 is 19.5 Å². The number of ketones is 1. The molecule has 1 spiro atoms. The number of piperidine rings is 1. The third kappa shape index (κ3) is 8.18. The quantitative estimate of drug-likeness (QED) is 0.129. The lowest BCUT2D eigenvalue weighted by molar-refractivity contribution is -0.147. The minimum Gasteiger partial charge on any atom is -0.496 e. The molecule has 13 nitrogen and oxygen atoms in total. The number of halogens is 3. The maximum absolute atomic E-state index is 13.2. The van der Waals surface area contributed by atoms with Crippen molar-refractivity contribution in [3.63, 3.8) is 0 Å². The van der Waals surface area contributed by atoms with Crippen molar-refractivity contribution in [2.45, 2.75) is 55.6 Å². The Bertz CT molecular complexity index is 1640. The maximum Gasteiger partial charge on any atom is 0.416 e. The summed E-state index contributed by atoms with van der Waals surface area (Å²) in [4.78, 5) is 53.1. The lowest BCUT2D eigenvalue weighted by atomic mass is 9.87. The van der Waals surface area contributed by atoms with Gasteiger partial charge in [0.1, 0.15) is 23.6 Å². The second-order valence-corrected chi connectivity index (χ2v) is 13.0. The van der Waals surface area contributed by atoms with Crippen LogP contribution in [-0.4, -0.2) is 94.5 Å². The van der Waals surface area contributed by atoms with Crippen LogP contribution in [0.1, 0.15) is 54.9 Å². The molecule has 2 aromatic rings. The Hall–Kier alpha value is -4.38. The van der Waals surface area contributed by atoms with Gasteiger partial charge in [0.05, 0.1) is 42.5 Å².